The van der Waals surface area contributed by atoms with Gasteiger partial charge < -0.3 is 20.1 Å². The summed E-state index contributed by atoms with van der Waals surface area (Å²) >= 11 is 0. The maximum atomic E-state index is 11.1. The van der Waals surface area contributed by atoms with Crippen LogP contribution in [0.5, 0.6) is 11.5 Å². The van der Waals surface area contributed by atoms with E-state index in [-0.39, 0.29) is 34.2 Å². The number of aromatic nitrogens is 1. The van der Waals surface area contributed by atoms with Gasteiger partial charge >= 0.3 is 16.8 Å². The molecule has 0 aliphatic rings. The minimum atomic E-state index is -1.47. The molecule has 2 N–H and O–H groups in total. The number of nitrogens with zero attached hydrogens (tertiary/aromatic N) is 3. The van der Waals surface area contributed by atoms with Gasteiger partial charge in [-0.15, -0.1) is 0 Å². The Morgan fingerprint density at radius 2 is 1.06 bits per heavy atom. The summed E-state index contributed by atoms with van der Waals surface area (Å²) in [5, 5.41) is 30.3. The molecule has 3 aromatic carbocycles. The van der Waals surface area contributed by atoms with E-state index in [2.05, 4.69) is 77.9 Å². The number of aliphatic imine (C=N–C) groups is 2. The first-order chi connectivity index (χ1) is 23.0. The Morgan fingerprint density at radius 1 is 0.660 bits per heavy atom. The number of phenols is 2. The van der Waals surface area contributed by atoms with Gasteiger partial charge in [-0.25, -0.2) is 4.98 Å². The smallest absolute Gasteiger partial charge is 0.545 e. The average molecular weight is 722 g/mol. The van der Waals surface area contributed by atoms with Gasteiger partial charge in [0.1, 0.15) is 0 Å². The van der Waals surface area contributed by atoms with Gasteiger partial charge in [-0.05, 0) is 103 Å². The van der Waals surface area contributed by atoms with Crippen molar-refractivity contribution < 1.29 is 36.9 Å². The number of carbonyl (C=O) groups excluding carboxylic acids is 1. The summed E-state index contributed by atoms with van der Waals surface area (Å²) in [6.07, 6.45) is 0. The second-order valence-electron chi connectivity index (χ2n) is 13.9. The molecule has 0 radical (unpaired) electrons. The van der Waals surface area contributed by atoms with Gasteiger partial charge in [0, 0.05) is 5.56 Å². The Labute approximate surface area is 308 Å². The van der Waals surface area contributed by atoms with Gasteiger partial charge in [0.25, 0.3) is 0 Å². The topological polar surface area (TPSA) is 118 Å². The van der Waals surface area contributed by atoms with Gasteiger partial charge in [-0.2, -0.15) is 0 Å². The second-order valence-corrected chi connectivity index (χ2v) is 13.9. The number of aromatic carboxylic acids is 1. The number of phenolic OH excluding ortho intramolecular Hbond substituents is 1. The molecule has 4 rings (SSSR count). The fourth-order valence-corrected chi connectivity index (χ4v) is 5.89. The normalized spacial score (nSPS) is 11.9. The first-order valence-electron chi connectivity index (χ1n) is 17.0. The molecule has 0 aliphatic carbocycles. The van der Waals surface area contributed by atoms with Crippen molar-refractivity contribution in [1.29, 1.82) is 0 Å². The minimum absolute atomic E-state index is 0. The third kappa shape index (κ3) is 9.92. The molecule has 268 valence electrons. The number of aryl methyl sites for hydroxylation is 2. The van der Waals surface area contributed by atoms with E-state index in [1.807, 2.05) is 59.7 Å². The predicted molar refractivity (Wildman–Crippen MR) is 201 cm³/mol. The quantitative estimate of drug-likeness (QED) is 0.132. The minimum Gasteiger partial charge on any atom is -0.545 e. The number of carboxylic acids is 1. The largest absolute Gasteiger partial charge is 1.00 e. The monoisotopic (exact) mass is 721 g/mol. The van der Waals surface area contributed by atoms with Crippen LogP contribution in [0, 0.1) is 13.8 Å². The summed E-state index contributed by atoms with van der Waals surface area (Å²) in [5.41, 5.74) is 11.5. The maximum Gasteiger partial charge on any atom is 1.00 e. The van der Waals surface area contributed by atoms with Crippen LogP contribution >= 0.6 is 0 Å². The van der Waals surface area contributed by atoms with Crippen LogP contribution in [-0.2, 0) is 16.8 Å². The zero-order valence-electron chi connectivity index (χ0n) is 31.5. The van der Waals surface area contributed by atoms with E-state index < -0.39 is 17.5 Å². The van der Waals surface area contributed by atoms with Crippen LogP contribution in [0.15, 0.2) is 70.6 Å². The Kier molecular flexibility index (Phi) is 15.2. The molecule has 0 fully saturated rings. The molecule has 0 amide bonds. The summed E-state index contributed by atoms with van der Waals surface area (Å²) in [7, 11) is 0. The summed E-state index contributed by atoms with van der Waals surface area (Å²) in [4.78, 5) is 26.0. The van der Waals surface area contributed by atoms with Crippen molar-refractivity contribution in [2.45, 2.75) is 107 Å². The SMILES string of the molecule is CC(=Nc1c(C)cccc1C(C)C)c1cccc(C(C)=Nc2c(C)cccc2C(C)C)n1.CC(C)c1cc(O)c(O)c(C(=O)[O-])c1C(C)C.[Co+]. The van der Waals surface area contributed by atoms with Crippen LogP contribution in [0.4, 0.5) is 11.4 Å². The molecule has 0 saturated heterocycles. The third-order valence-electron chi connectivity index (χ3n) is 8.59. The molecule has 0 bridgehead atoms. The van der Waals surface area contributed by atoms with Crippen LogP contribution in [0.1, 0.15) is 148 Å². The number of hydrogen-bond acceptors (Lipinski definition) is 7. The van der Waals surface area contributed by atoms with Crippen LogP contribution in [0.3, 0.4) is 0 Å². The van der Waals surface area contributed by atoms with Crippen molar-refractivity contribution in [2.75, 3.05) is 0 Å². The van der Waals surface area contributed by atoms with Gasteiger partial charge in [0.2, 0.25) is 0 Å². The fourth-order valence-electron chi connectivity index (χ4n) is 5.89. The van der Waals surface area contributed by atoms with Crippen LogP contribution in [-0.4, -0.2) is 32.6 Å². The summed E-state index contributed by atoms with van der Waals surface area (Å²) in [5.74, 6) is -1.69. The van der Waals surface area contributed by atoms with Gasteiger partial charge in [-0.3, -0.25) is 9.98 Å². The maximum absolute atomic E-state index is 11.1. The van der Waals surface area contributed by atoms with Crippen molar-refractivity contribution >= 4 is 28.8 Å². The number of hydrogen-bond donors (Lipinski definition) is 2. The zero-order chi connectivity index (χ0) is 36.7. The van der Waals surface area contributed by atoms with Crippen molar-refractivity contribution in [3.63, 3.8) is 0 Å². The van der Waals surface area contributed by atoms with E-state index in [4.69, 9.17) is 15.0 Å². The summed E-state index contributed by atoms with van der Waals surface area (Å²) in [6.45, 7) is 24.6. The molecule has 0 saturated carbocycles. The molecular formula is C42H52CoN3O4. The molecule has 1 aromatic heterocycles. The van der Waals surface area contributed by atoms with Gasteiger partial charge in [-0.1, -0.05) is 97.9 Å². The van der Waals surface area contributed by atoms with Gasteiger partial charge in [0.15, 0.2) is 11.5 Å². The molecule has 0 aliphatic heterocycles. The van der Waals surface area contributed by atoms with Gasteiger partial charge in [0.05, 0.1) is 40.2 Å². The molecule has 7 nitrogen and oxygen atoms in total. The van der Waals surface area contributed by atoms with Crippen LogP contribution < -0.4 is 5.11 Å². The number of carboxylic acid groups (broad SMARTS) is 1. The fraction of sp³-hybridized carbons (Fsp3) is 0.381. The molecule has 8 heteroatoms. The molecule has 0 spiro atoms. The second kappa shape index (κ2) is 18.1. The van der Waals surface area contributed by atoms with Crippen molar-refractivity contribution in [1.82, 2.24) is 4.98 Å². The van der Waals surface area contributed by atoms with E-state index >= 15 is 0 Å². The Morgan fingerprint density at radius 3 is 1.42 bits per heavy atom. The van der Waals surface area contributed by atoms with Crippen LogP contribution in [0.25, 0.3) is 0 Å². The summed E-state index contributed by atoms with van der Waals surface area (Å²) < 4.78 is 0. The average Bonchev–Trinajstić information content (AvgIpc) is 3.03. The van der Waals surface area contributed by atoms with Crippen LogP contribution in [0.2, 0.25) is 0 Å². The van der Waals surface area contributed by atoms with Crippen molar-refractivity contribution in [3.05, 3.63) is 111 Å². The molecule has 4 aromatic rings. The molecule has 50 heavy (non-hydrogen) atoms. The van der Waals surface area contributed by atoms with E-state index in [0.717, 1.165) is 39.7 Å². The third-order valence-corrected chi connectivity index (χ3v) is 8.59. The number of para-hydroxylation sites is 2. The number of pyridine rings is 1. The number of benzene rings is 3. The summed E-state index contributed by atoms with van der Waals surface area (Å²) in [6, 6.07) is 20.3. The zero-order valence-corrected chi connectivity index (χ0v) is 32.5. The molecule has 0 atom stereocenters. The Bertz CT molecular complexity index is 1780. The predicted octanol–water partition coefficient (Wildman–Crippen LogP) is 9.93. The first-order valence-corrected chi connectivity index (χ1v) is 17.0. The van der Waals surface area contributed by atoms with E-state index in [0.29, 0.717) is 17.4 Å². The Hall–Kier alpha value is -4.27. The number of rotatable bonds is 9. The molecular weight excluding hydrogens is 669 g/mol. The van der Waals surface area contributed by atoms with Crippen molar-refractivity contribution in [2.24, 2.45) is 9.98 Å². The van der Waals surface area contributed by atoms with Crippen molar-refractivity contribution in [3.8, 4) is 11.5 Å². The Balaban J connectivity index is 0.000000409. The number of aromatic hydroxyl groups is 2. The van der Waals surface area contributed by atoms with E-state index in [9.17, 15) is 20.1 Å². The van der Waals surface area contributed by atoms with E-state index in [1.165, 1.54) is 28.3 Å². The number of carbonyl (C=O) groups is 1. The standard InChI is InChI=1S/C29H35N3.C13H18O4.Co/c1-18(2)24-14-9-12-20(5)28(24)30-22(7)26-16-11-17-27(32-26)23(8)31-29-21(6)13-10-15-25(29)19(3)4;1-6(2)8-5-9(14)12(15)11(13(16)17)10(8)7(3)4;/h9-19H,1-8H3;5-7,14-15H,1-4H3,(H,16,17);/q;;+1/p-1. The molecule has 1 heterocycles. The first kappa shape index (κ1) is 41.9. The van der Waals surface area contributed by atoms with E-state index in [1.54, 1.807) is 0 Å². The molecule has 0 unspecified atom stereocenters.